The van der Waals surface area contributed by atoms with Crippen molar-refractivity contribution in [3.63, 3.8) is 0 Å². The van der Waals surface area contributed by atoms with Crippen molar-refractivity contribution in [2.75, 3.05) is 6.61 Å². The van der Waals surface area contributed by atoms with Crippen LogP contribution in [-0.2, 0) is 14.3 Å². The third kappa shape index (κ3) is 1.89. The lowest BCUT2D eigenvalue weighted by Crippen LogP contribution is -2.59. The molecular formula is C17H17NO4. The minimum Gasteiger partial charge on any atom is -0.447 e. The van der Waals surface area contributed by atoms with Crippen LogP contribution in [0.3, 0.4) is 0 Å². The monoisotopic (exact) mass is 299 g/mol. The third-order valence-corrected chi connectivity index (χ3v) is 4.67. The predicted molar refractivity (Wildman–Crippen MR) is 78.2 cm³/mol. The summed E-state index contributed by atoms with van der Waals surface area (Å²) in [5, 5.41) is 0. The molecule has 3 aliphatic heterocycles. The molecule has 0 N–H and O–H groups in total. The molecule has 2 saturated heterocycles. The summed E-state index contributed by atoms with van der Waals surface area (Å²) < 4.78 is 11.2. The van der Waals surface area contributed by atoms with E-state index in [1.807, 2.05) is 49.4 Å². The van der Waals surface area contributed by atoms with Gasteiger partial charge in [0.1, 0.15) is 18.2 Å². The van der Waals surface area contributed by atoms with Gasteiger partial charge in [0.15, 0.2) is 5.78 Å². The highest BCUT2D eigenvalue weighted by Crippen LogP contribution is 2.41. The number of benzene rings is 1. The zero-order valence-electron chi connectivity index (χ0n) is 12.3. The summed E-state index contributed by atoms with van der Waals surface area (Å²) in [5.41, 5.74) is 0.199. The van der Waals surface area contributed by atoms with Crippen LogP contribution in [0, 0.1) is 0 Å². The zero-order valence-corrected chi connectivity index (χ0v) is 12.3. The van der Waals surface area contributed by atoms with Gasteiger partial charge in [0.05, 0.1) is 12.1 Å². The number of hydrogen-bond donors (Lipinski definition) is 0. The van der Waals surface area contributed by atoms with Gasteiger partial charge in [-0.05, 0) is 12.5 Å². The zero-order chi connectivity index (χ0) is 15.3. The standard InChI is InChI=1S/C17H17NO4/c1-17-8-7-12(22-17)9-14(19)15(17)18-13(10-21-16(18)20)11-5-3-2-4-6-11/h2-8,12-13,15H,9-10H2,1H3/t12-,13+,15+,17+/m1/s1. The van der Waals surface area contributed by atoms with Crippen LogP contribution in [0.4, 0.5) is 4.79 Å². The Hall–Kier alpha value is -2.14. The summed E-state index contributed by atoms with van der Waals surface area (Å²) in [6.45, 7) is 2.12. The van der Waals surface area contributed by atoms with E-state index in [0.29, 0.717) is 6.42 Å². The number of nitrogens with zero attached hydrogens (tertiary/aromatic N) is 1. The van der Waals surface area contributed by atoms with E-state index in [1.165, 1.54) is 0 Å². The Bertz CT molecular complexity index is 656. The van der Waals surface area contributed by atoms with Gasteiger partial charge in [0.2, 0.25) is 0 Å². The maximum absolute atomic E-state index is 12.6. The molecule has 1 amide bonds. The van der Waals surface area contributed by atoms with Crippen molar-refractivity contribution in [2.45, 2.75) is 37.1 Å². The van der Waals surface area contributed by atoms with Crippen LogP contribution in [0.25, 0.3) is 0 Å². The second-order valence-electron chi connectivity index (χ2n) is 6.18. The average Bonchev–Trinajstić information content (AvgIpc) is 3.02. The van der Waals surface area contributed by atoms with E-state index in [0.717, 1.165) is 5.56 Å². The van der Waals surface area contributed by atoms with Crippen LogP contribution >= 0.6 is 0 Å². The largest absolute Gasteiger partial charge is 0.447 e. The van der Waals surface area contributed by atoms with Crippen molar-refractivity contribution in [2.24, 2.45) is 0 Å². The molecule has 0 spiro atoms. The van der Waals surface area contributed by atoms with E-state index >= 15 is 0 Å². The molecule has 1 aromatic carbocycles. The Morgan fingerprint density at radius 1 is 1.23 bits per heavy atom. The smallest absolute Gasteiger partial charge is 0.411 e. The number of fused-ring (bicyclic) bond motifs is 2. The Kier molecular flexibility index (Phi) is 2.87. The van der Waals surface area contributed by atoms with Gasteiger partial charge in [-0.15, -0.1) is 0 Å². The van der Waals surface area contributed by atoms with E-state index in [-0.39, 0.29) is 24.5 Å². The number of hydrogen-bond acceptors (Lipinski definition) is 4. The third-order valence-electron chi connectivity index (χ3n) is 4.67. The highest BCUT2D eigenvalue weighted by atomic mass is 16.6. The Morgan fingerprint density at radius 3 is 2.77 bits per heavy atom. The van der Waals surface area contributed by atoms with Crippen LogP contribution in [0.5, 0.6) is 0 Å². The van der Waals surface area contributed by atoms with Gasteiger partial charge in [-0.1, -0.05) is 42.5 Å². The maximum Gasteiger partial charge on any atom is 0.411 e. The lowest BCUT2D eigenvalue weighted by molar-refractivity contribution is -0.149. The minimum atomic E-state index is -0.767. The molecule has 22 heavy (non-hydrogen) atoms. The van der Waals surface area contributed by atoms with Crippen LogP contribution in [-0.4, -0.2) is 41.1 Å². The van der Waals surface area contributed by atoms with Crippen molar-refractivity contribution in [3.8, 4) is 0 Å². The normalized spacial score (nSPS) is 36.8. The number of ketones is 1. The molecular weight excluding hydrogens is 282 g/mol. The molecule has 0 unspecified atom stereocenters. The molecule has 5 heteroatoms. The first kappa shape index (κ1) is 13.5. The molecule has 4 atom stereocenters. The summed E-state index contributed by atoms with van der Waals surface area (Å²) in [5.74, 6) is 0.0310. The van der Waals surface area contributed by atoms with E-state index < -0.39 is 17.7 Å². The topological polar surface area (TPSA) is 55.8 Å². The second-order valence-corrected chi connectivity index (χ2v) is 6.18. The second kappa shape index (κ2) is 4.68. The number of carbonyl (C=O) groups excluding carboxylic acids is 2. The molecule has 3 heterocycles. The van der Waals surface area contributed by atoms with Gasteiger partial charge < -0.3 is 9.47 Å². The van der Waals surface area contributed by atoms with Gasteiger partial charge in [-0.2, -0.15) is 0 Å². The summed E-state index contributed by atoms with van der Waals surface area (Å²) in [6, 6.07) is 8.76. The molecule has 1 aromatic rings. The Labute approximate surface area is 128 Å². The summed E-state index contributed by atoms with van der Waals surface area (Å²) >= 11 is 0. The number of Topliss-reactive ketones (excluding diaryl/α,β-unsaturated/α-hetero) is 1. The average molecular weight is 299 g/mol. The molecule has 0 aliphatic carbocycles. The lowest BCUT2D eigenvalue weighted by atomic mass is 9.88. The van der Waals surface area contributed by atoms with Crippen molar-refractivity contribution in [1.82, 2.24) is 4.90 Å². The first-order valence-corrected chi connectivity index (χ1v) is 7.48. The fraction of sp³-hybridized carbons (Fsp3) is 0.412. The first-order chi connectivity index (χ1) is 10.6. The van der Waals surface area contributed by atoms with Gasteiger partial charge in [-0.3, -0.25) is 9.69 Å². The van der Waals surface area contributed by atoms with Crippen molar-refractivity contribution in [3.05, 3.63) is 48.0 Å². The number of rotatable bonds is 2. The van der Waals surface area contributed by atoms with Crippen molar-refractivity contribution >= 4 is 11.9 Å². The number of cyclic esters (lactones) is 1. The Balaban J connectivity index is 1.74. The highest BCUT2D eigenvalue weighted by Gasteiger charge is 2.55. The SMILES string of the molecule is C[C@]12C=C[C@H](CC(=O)[C@@H]1N1C(=O)OC[C@H]1c1ccccc1)O2. The van der Waals surface area contributed by atoms with Gasteiger partial charge in [0, 0.05) is 6.42 Å². The molecule has 0 radical (unpaired) electrons. The fourth-order valence-electron chi connectivity index (χ4n) is 3.68. The van der Waals surface area contributed by atoms with Gasteiger partial charge >= 0.3 is 6.09 Å². The predicted octanol–water partition coefficient (Wildman–Crippen LogP) is 2.24. The van der Waals surface area contributed by atoms with E-state index in [4.69, 9.17) is 9.47 Å². The quantitative estimate of drug-likeness (QED) is 0.786. The molecule has 2 bridgehead atoms. The molecule has 0 saturated carbocycles. The molecule has 5 nitrogen and oxygen atoms in total. The van der Waals surface area contributed by atoms with Crippen LogP contribution < -0.4 is 0 Å². The lowest BCUT2D eigenvalue weighted by Gasteiger charge is -2.42. The summed E-state index contributed by atoms with van der Waals surface area (Å²) in [4.78, 5) is 26.5. The van der Waals surface area contributed by atoms with E-state index in [9.17, 15) is 9.59 Å². The molecule has 4 rings (SSSR count). The fourth-order valence-corrected chi connectivity index (χ4v) is 3.68. The summed E-state index contributed by atoms with van der Waals surface area (Å²) in [6.07, 6.45) is 3.51. The number of carbonyl (C=O) groups is 2. The molecule has 114 valence electrons. The number of amides is 1. The molecule has 2 fully saturated rings. The molecule has 0 aromatic heterocycles. The van der Waals surface area contributed by atoms with E-state index in [2.05, 4.69) is 0 Å². The van der Waals surface area contributed by atoms with Crippen molar-refractivity contribution in [1.29, 1.82) is 0 Å². The van der Waals surface area contributed by atoms with Crippen LogP contribution in [0.2, 0.25) is 0 Å². The Morgan fingerprint density at radius 2 is 2.00 bits per heavy atom. The van der Waals surface area contributed by atoms with Crippen molar-refractivity contribution < 1.29 is 19.1 Å². The highest BCUT2D eigenvalue weighted by molar-refractivity contribution is 5.91. The summed E-state index contributed by atoms with van der Waals surface area (Å²) in [7, 11) is 0. The van der Waals surface area contributed by atoms with Crippen LogP contribution in [0.15, 0.2) is 42.5 Å². The van der Waals surface area contributed by atoms with Crippen LogP contribution in [0.1, 0.15) is 24.9 Å². The maximum atomic E-state index is 12.6. The molecule has 3 aliphatic rings. The van der Waals surface area contributed by atoms with Gasteiger partial charge in [-0.25, -0.2) is 4.79 Å². The van der Waals surface area contributed by atoms with E-state index in [1.54, 1.807) is 4.90 Å². The van der Waals surface area contributed by atoms with Gasteiger partial charge in [0.25, 0.3) is 0 Å². The minimum absolute atomic E-state index is 0.0310. The first-order valence-electron chi connectivity index (χ1n) is 7.48. The number of ether oxygens (including phenoxy) is 2.